The van der Waals surface area contributed by atoms with Crippen LogP contribution in [0.2, 0.25) is 0 Å². The maximum atomic E-state index is 12.4. The van der Waals surface area contributed by atoms with E-state index in [1.165, 1.54) is 18.3 Å². The summed E-state index contributed by atoms with van der Waals surface area (Å²) in [5.41, 5.74) is 5.87. The van der Waals surface area contributed by atoms with Gasteiger partial charge in [-0.3, -0.25) is 9.59 Å². The highest BCUT2D eigenvalue weighted by Gasteiger charge is 2.18. The fourth-order valence-corrected chi connectivity index (χ4v) is 2.95. The summed E-state index contributed by atoms with van der Waals surface area (Å²) in [6.07, 6.45) is 0. The molecule has 3 aromatic rings. The van der Waals surface area contributed by atoms with Crippen molar-refractivity contribution < 1.29 is 4.79 Å². The van der Waals surface area contributed by atoms with Gasteiger partial charge in [0.25, 0.3) is 5.56 Å². The van der Waals surface area contributed by atoms with Crippen molar-refractivity contribution >= 4 is 27.5 Å². The molecule has 0 fully saturated rings. The molecule has 3 rings (SSSR count). The Hall–Kier alpha value is -2.54. The van der Waals surface area contributed by atoms with E-state index in [9.17, 15) is 9.59 Å². The molecule has 2 N–H and O–H groups in total. The van der Waals surface area contributed by atoms with E-state index in [1.54, 1.807) is 6.07 Å². The van der Waals surface area contributed by atoms with Crippen molar-refractivity contribution in [3.8, 4) is 10.4 Å². The molecule has 0 saturated heterocycles. The van der Waals surface area contributed by atoms with E-state index in [0.29, 0.717) is 10.2 Å². The van der Waals surface area contributed by atoms with Gasteiger partial charge >= 0.3 is 0 Å². The number of aromatic nitrogens is 3. The summed E-state index contributed by atoms with van der Waals surface area (Å²) < 4.78 is 1.02. The van der Waals surface area contributed by atoms with Crippen molar-refractivity contribution in [1.29, 1.82) is 0 Å². The van der Waals surface area contributed by atoms with Crippen molar-refractivity contribution in [2.75, 3.05) is 0 Å². The lowest BCUT2D eigenvalue weighted by Crippen LogP contribution is -2.34. The van der Waals surface area contributed by atoms with Gasteiger partial charge in [-0.1, -0.05) is 35.5 Å². The van der Waals surface area contributed by atoms with Crippen LogP contribution in [0.25, 0.3) is 20.7 Å². The van der Waals surface area contributed by atoms with Crippen molar-refractivity contribution in [3.63, 3.8) is 0 Å². The standard InChI is InChI=1S/C14H12N4O2S/c1-8(12(15)19)18-14(20)10-7-11(21-13(10)16-17-18)9-5-3-2-4-6-9/h2-8H,1H3,(H2,15,19). The Bertz CT molecular complexity index is 870. The number of nitrogens with zero attached hydrogens (tertiary/aromatic N) is 3. The molecule has 7 heteroatoms. The van der Waals surface area contributed by atoms with E-state index in [0.717, 1.165) is 15.1 Å². The predicted octanol–water partition coefficient (Wildman–Crippen LogP) is 1.57. The van der Waals surface area contributed by atoms with Crippen LogP contribution < -0.4 is 11.3 Å². The van der Waals surface area contributed by atoms with Crippen LogP contribution in [0.5, 0.6) is 0 Å². The number of nitrogens with two attached hydrogens (primary N) is 1. The van der Waals surface area contributed by atoms with Gasteiger partial charge in [0.05, 0.1) is 5.39 Å². The van der Waals surface area contributed by atoms with Gasteiger partial charge < -0.3 is 5.73 Å². The average molecular weight is 300 g/mol. The van der Waals surface area contributed by atoms with Gasteiger partial charge in [0.15, 0.2) is 4.83 Å². The fraction of sp³-hybridized carbons (Fsp3) is 0.143. The number of primary amides is 1. The van der Waals surface area contributed by atoms with Crippen LogP contribution in [0.3, 0.4) is 0 Å². The zero-order valence-electron chi connectivity index (χ0n) is 11.2. The Kier molecular flexibility index (Phi) is 3.26. The van der Waals surface area contributed by atoms with Gasteiger partial charge in [0, 0.05) is 4.88 Å². The van der Waals surface area contributed by atoms with Crippen LogP contribution in [-0.2, 0) is 4.79 Å². The summed E-state index contributed by atoms with van der Waals surface area (Å²) in [7, 11) is 0. The number of rotatable bonds is 3. The number of hydrogen-bond acceptors (Lipinski definition) is 5. The number of carbonyl (C=O) groups is 1. The molecule has 1 aromatic carbocycles. The summed E-state index contributed by atoms with van der Waals surface area (Å²) in [5.74, 6) is -0.621. The minimum Gasteiger partial charge on any atom is -0.368 e. The summed E-state index contributed by atoms with van der Waals surface area (Å²) in [4.78, 5) is 25.1. The topological polar surface area (TPSA) is 90.9 Å². The number of amides is 1. The molecule has 1 unspecified atom stereocenters. The third-order valence-corrected chi connectivity index (χ3v) is 4.29. The first-order valence-corrected chi connectivity index (χ1v) is 7.13. The van der Waals surface area contributed by atoms with Crippen LogP contribution in [0.1, 0.15) is 13.0 Å². The molecule has 0 aliphatic heterocycles. The summed E-state index contributed by atoms with van der Waals surface area (Å²) in [6.45, 7) is 1.52. The predicted molar refractivity (Wildman–Crippen MR) is 81.0 cm³/mol. The number of thiophene rings is 1. The summed E-state index contributed by atoms with van der Waals surface area (Å²) in [6, 6.07) is 10.7. The first kappa shape index (κ1) is 13.4. The van der Waals surface area contributed by atoms with Gasteiger partial charge in [0.1, 0.15) is 6.04 Å². The smallest absolute Gasteiger partial charge is 0.279 e. The molecule has 1 amide bonds. The lowest BCUT2D eigenvalue weighted by molar-refractivity contribution is -0.121. The molecule has 0 aliphatic carbocycles. The number of hydrogen-bond donors (Lipinski definition) is 1. The number of carbonyl (C=O) groups excluding carboxylic acids is 1. The Morgan fingerprint density at radius 1 is 1.33 bits per heavy atom. The second-order valence-corrected chi connectivity index (χ2v) is 5.64. The molecule has 21 heavy (non-hydrogen) atoms. The molecular weight excluding hydrogens is 288 g/mol. The Labute approximate surface area is 123 Å². The maximum absolute atomic E-state index is 12.4. The van der Waals surface area contributed by atoms with Crippen LogP contribution >= 0.6 is 11.3 Å². The molecule has 0 radical (unpaired) electrons. The van der Waals surface area contributed by atoms with E-state index < -0.39 is 11.9 Å². The van der Waals surface area contributed by atoms with E-state index in [2.05, 4.69) is 10.3 Å². The normalized spacial score (nSPS) is 12.4. The summed E-state index contributed by atoms with van der Waals surface area (Å²) in [5, 5.41) is 8.26. The van der Waals surface area contributed by atoms with E-state index >= 15 is 0 Å². The van der Waals surface area contributed by atoms with Crippen LogP contribution in [0.15, 0.2) is 41.2 Å². The molecule has 6 nitrogen and oxygen atoms in total. The molecule has 0 aliphatic rings. The average Bonchev–Trinajstić information content (AvgIpc) is 2.93. The molecular formula is C14H12N4O2S. The minimum atomic E-state index is -0.825. The lowest BCUT2D eigenvalue weighted by atomic mass is 10.2. The minimum absolute atomic E-state index is 0.357. The van der Waals surface area contributed by atoms with E-state index in [1.807, 2.05) is 30.3 Å². The van der Waals surface area contributed by atoms with E-state index in [4.69, 9.17) is 5.73 Å². The summed E-state index contributed by atoms with van der Waals surface area (Å²) >= 11 is 1.39. The Balaban J connectivity index is 2.17. The van der Waals surface area contributed by atoms with Crippen molar-refractivity contribution in [2.45, 2.75) is 13.0 Å². The SMILES string of the molecule is CC(C(N)=O)n1nnc2sc(-c3ccccc3)cc2c1=O. The van der Waals surface area contributed by atoms with Gasteiger partial charge in [-0.25, -0.2) is 0 Å². The van der Waals surface area contributed by atoms with Crippen molar-refractivity contribution in [1.82, 2.24) is 15.0 Å². The van der Waals surface area contributed by atoms with Gasteiger partial charge in [-0.05, 0) is 18.6 Å². The highest BCUT2D eigenvalue weighted by Crippen LogP contribution is 2.30. The molecule has 1 atom stereocenters. The zero-order valence-corrected chi connectivity index (χ0v) is 12.0. The molecule has 0 spiro atoms. The van der Waals surface area contributed by atoms with E-state index in [-0.39, 0.29) is 5.56 Å². The largest absolute Gasteiger partial charge is 0.368 e. The second kappa shape index (κ2) is 5.10. The van der Waals surface area contributed by atoms with Gasteiger partial charge in [-0.2, -0.15) is 4.68 Å². The molecule has 0 saturated carbocycles. The van der Waals surface area contributed by atoms with Gasteiger partial charge in [-0.15, -0.1) is 16.4 Å². The van der Waals surface area contributed by atoms with Crippen LogP contribution in [-0.4, -0.2) is 20.9 Å². The highest BCUT2D eigenvalue weighted by atomic mass is 32.1. The highest BCUT2D eigenvalue weighted by molar-refractivity contribution is 7.21. The first-order valence-electron chi connectivity index (χ1n) is 6.31. The van der Waals surface area contributed by atoms with Crippen molar-refractivity contribution in [3.05, 3.63) is 46.8 Å². The Morgan fingerprint density at radius 3 is 2.71 bits per heavy atom. The number of fused-ring (bicyclic) bond motifs is 1. The maximum Gasteiger partial charge on any atom is 0.279 e. The van der Waals surface area contributed by atoms with Gasteiger partial charge in [0.2, 0.25) is 5.91 Å². The zero-order chi connectivity index (χ0) is 15.0. The molecule has 106 valence electrons. The molecule has 2 aromatic heterocycles. The molecule has 0 bridgehead atoms. The van der Waals surface area contributed by atoms with Crippen LogP contribution in [0.4, 0.5) is 0 Å². The van der Waals surface area contributed by atoms with Crippen LogP contribution in [0, 0.1) is 0 Å². The third kappa shape index (κ3) is 2.31. The fourth-order valence-electron chi connectivity index (χ4n) is 1.98. The first-order chi connectivity index (χ1) is 10.1. The lowest BCUT2D eigenvalue weighted by Gasteiger charge is -2.07. The monoisotopic (exact) mass is 300 g/mol. The van der Waals surface area contributed by atoms with Crippen molar-refractivity contribution in [2.24, 2.45) is 5.73 Å². The number of benzene rings is 1. The third-order valence-electron chi connectivity index (χ3n) is 3.22. The Morgan fingerprint density at radius 2 is 2.05 bits per heavy atom. The second-order valence-electron chi connectivity index (χ2n) is 4.61. The quantitative estimate of drug-likeness (QED) is 0.794. The molecule has 2 heterocycles.